The molecule has 2 fully saturated rings. The molecule has 0 aliphatic carbocycles. The first-order valence-corrected chi connectivity index (χ1v) is 11.1. The van der Waals surface area contributed by atoms with Crippen LogP contribution in [0.3, 0.4) is 0 Å². The van der Waals surface area contributed by atoms with E-state index in [1.165, 1.54) is 23.5 Å². The maximum absolute atomic E-state index is 12.5. The number of hydrogen-bond acceptors (Lipinski definition) is 5. The van der Waals surface area contributed by atoms with Gasteiger partial charge in [-0.1, -0.05) is 12.1 Å². The number of halogens is 1. The van der Waals surface area contributed by atoms with Gasteiger partial charge in [0.05, 0.1) is 11.2 Å². The molecule has 26 heavy (non-hydrogen) atoms. The zero-order valence-electron chi connectivity index (χ0n) is 15.3. The lowest BCUT2D eigenvalue weighted by Gasteiger charge is -2.37. The average molecular weight is 417 g/mol. The topological polar surface area (TPSA) is 50.4 Å². The SMILES string of the molecule is COCC1(CNC(=O)c2ccc(C3SCCCS3)cc2)CCNCC1.Cl. The van der Waals surface area contributed by atoms with Crippen molar-refractivity contribution in [1.82, 2.24) is 10.6 Å². The highest BCUT2D eigenvalue weighted by Crippen LogP contribution is 2.43. The molecule has 2 N–H and O–H groups in total. The smallest absolute Gasteiger partial charge is 0.251 e. The zero-order valence-corrected chi connectivity index (χ0v) is 17.7. The standard InChI is InChI=1S/C19H28N2O2S2.ClH/c1-23-14-19(7-9-20-10-8-19)13-21-17(22)15-3-5-16(6-4-15)18-24-11-2-12-25-18;/h3-6,18,20H,2,7-14H2,1H3,(H,21,22);1H. The third-order valence-corrected chi connectivity index (χ3v) is 8.03. The highest BCUT2D eigenvalue weighted by Gasteiger charge is 2.32. The van der Waals surface area contributed by atoms with Crippen LogP contribution in [0.1, 0.15) is 39.8 Å². The monoisotopic (exact) mass is 416 g/mol. The largest absolute Gasteiger partial charge is 0.384 e. The Kier molecular flexibility index (Phi) is 9.10. The lowest BCUT2D eigenvalue weighted by Crippen LogP contribution is -2.47. The zero-order chi connectivity index (χ0) is 17.5. The van der Waals surface area contributed by atoms with Crippen molar-refractivity contribution in [2.75, 3.05) is 44.9 Å². The molecule has 1 amide bonds. The van der Waals surface area contributed by atoms with E-state index in [0.29, 0.717) is 17.7 Å². The van der Waals surface area contributed by atoms with Crippen molar-refractivity contribution in [2.24, 2.45) is 5.41 Å². The van der Waals surface area contributed by atoms with Crippen molar-refractivity contribution < 1.29 is 9.53 Å². The van der Waals surface area contributed by atoms with Crippen LogP contribution in [0.5, 0.6) is 0 Å². The minimum atomic E-state index is 0. The van der Waals surface area contributed by atoms with Gasteiger partial charge in [-0.15, -0.1) is 35.9 Å². The summed E-state index contributed by atoms with van der Waals surface area (Å²) in [6, 6.07) is 8.15. The number of carbonyl (C=O) groups excluding carboxylic acids is 1. The second-order valence-corrected chi connectivity index (χ2v) is 9.64. The fourth-order valence-electron chi connectivity index (χ4n) is 3.48. The summed E-state index contributed by atoms with van der Waals surface area (Å²) in [5.74, 6) is 2.48. The number of amides is 1. The van der Waals surface area contributed by atoms with Crippen LogP contribution in [0.25, 0.3) is 0 Å². The Morgan fingerprint density at radius 2 is 1.88 bits per heavy atom. The fraction of sp³-hybridized carbons (Fsp3) is 0.632. The van der Waals surface area contributed by atoms with Crippen molar-refractivity contribution in [3.63, 3.8) is 0 Å². The van der Waals surface area contributed by atoms with E-state index in [-0.39, 0.29) is 23.7 Å². The number of methoxy groups -OCH3 is 1. The number of piperidine rings is 1. The van der Waals surface area contributed by atoms with Gasteiger partial charge in [-0.3, -0.25) is 4.79 Å². The van der Waals surface area contributed by atoms with Crippen molar-refractivity contribution in [3.8, 4) is 0 Å². The highest BCUT2D eigenvalue weighted by atomic mass is 35.5. The predicted molar refractivity (Wildman–Crippen MR) is 115 cm³/mol. The Balaban J connectivity index is 0.00000243. The average Bonchev–Trinajstić information content (AvgIpc) is 2.68. The van der Waals surface area contributed by atoms with Gasteiger partial charge < -0.3 is 15.4 Å². The summed E-state index contributed by atoms with van der Waals surface area (Å²) in [4.78, 5) is 12.5. The molecule has 0 atom stereocenters. The van der Waals surface area contributed by atoms with Gasteiger partial charge in [-0.25, -0.2) is 0 Å². The van der Waals surface area contributed by atoms with Crippen LogP contribution in [-0.4, -0.2) is 50.8 Å². The number of rotatable bonds is 6. The van der Waals surface area contributed by atoms with E-state index in [1.54, 1.807) is 7.11 Å². The molecule has 0 saturated carbocycles. The van der Waals surface area contributed by atoms with E-state index in [1.807, 2.05) is 35.7 Å². The van der Waals surface area contributed by atoms with Gasteiger partial charge >= 0.3 is 0 Å². The summed E-state index contributed by atoms with van der Waals surface area (Å²) in [5.41, 5.74) is 2.13. The lowest BCUT2D eigenvalue weighted by atomic mass is 9.79. The first kappa shape index (κ1) is 21.9. The van der Waals surface area contributed by atoms with E-state index >= 15 is 0 Å². The van der Waals surface area contributed by atoms with Gasteiger partial charge in [-0.05, 0) is 61.6 Å². The van der Waals surface area contributed by atoms with Gasteiger partial charge in [0.1, 0.15) is 0 Å². The Hall–Kier alpha value is -0.400. The first-order chi connectivity index (χ1) is 12.2. The molecule has 0 aromatic heterocycles. The van der Waals surface area contributed by atoms with Gasteiger partial charge in [0.2, 0.25) is 0 Å². The minimum absolute atomic E-state index is 0. The molecular formula is C19H29ClN2O2S2. The molecule has 146 valence electrons. The van der Waals surface area contributed by atoms with Crippen LogP contribution in [0.2, 0.25) is 0 Å². The third kappa shape index (κ3) is 5.80. The van der Waals surface area contributed by atoms with Gasteiger partial charge in [0, 0.05) is 24.6 Å². The van der Waals surface area contributed by atoms with Crippen LogP contribution in [0.15, 0.2) is 24.3 Å². The van der Waals surface area contributed by atoms with Crippen molar-refractivity contribution in [3.05, 3.63) is 35.4 Å². The number of thioether (sulfide) groups is 2. The van der Waals surface area contributed by atoms with Crippen LogP contribution in [0, 0.1) is 5.41 Å². The van der Waals surface area contributed by atoms with Crippen molar-refractivity contribution >= 4 is 41.8 Å². The quantitative estimate of drug-likeness (QED) is 0.740. The summed E-state index contributed by atoms with van der Waals surface area (Å²) in [5, 5.41) is 6.52. The van der Waals surface area contributed by atoms with Gasteiger partial charge in [0.25, 0.3) is 5.91 Å². The summed E-state index contributed by atoms with van der Waals surface area (Å²) in [7, 11) is 1.74. The molecular weight excluding hydrogens is 388 g/mol. The number of hydrogen-bond donors (Lipinski definition) is 2. The number of carbonyl (C=O) groups is 1. The molecule has 3 rings (SSSR count). The highest BCUT2D eigenvalue weighted by molar-refractivity contribution is 8.16. The number of ether oxygens (including phenoxy) is 1. The third-order valence-electron chi connectivity index (χ3n) is 5.01. The molecule has 2 aliphatic rings. The van der Waals surface area contributed by atoms with E-state index in [4.69, 9.17) is 4.74 Å². The van der Waals surface area contributed by atoms with Crippen LogP contribution in [0.4, 0.5) is 0 Å². The Labute approximate surface area is 171 Å². The molecule has 1 aromatic carbocycles. The second kappa shape index (κ2) is 10.8. The van der Waals surface area contributed by atoms with E-state index < -0.39 is 0 Å². The lowest BCUT2D eigenvalue weighted by molar-refractivity contribution is 0.0512. The normalized spacial score (nSPS) is 20.2. The van der Waals surface area contributed by atoms with E-state index in [9.17, 15) is 4.79 Å². The summed E-state index contributed by atoms with van der Waals surface area (Å²) >= 11 is 4.01. The summed E-state index contributed by atoms with van der Waals surface area (Å²) in [6.07, 6.45) is 3.37. The molecule has 2 heterocycles. The maximum atomic E-state index is 12.5. The predicted octanol–water partition coefficient (Wildman–Crippen LogP) is 3.72. The number of nitrogens with one attached hydrogen (secondary N) is 2. The molecule has 0 spiro atoms. The molecule has 4 nitrogen and oxygen atoms in total. The summed E-state index contributed by atoms with van der Waals surface area (Å²) in [6.45, 7) is 3.36. The molecule has 0 unspecified atom stereocenters. The minimum Gasteiger partial charge on any atom is -0.384 e. The number of benzene rings is 1. The van der Waals surface area contributed by atoms with Crippen LogP contribution in [-0.2, 0) is 4.74 Å². The first-order valence-electron chi connectivity index (χ1n) is 9.03. The molecule has 2 aliphatic heterocycles. The van der Waals surface area contributed by atoms with E-state index in [0.717, 1.165) is 31.5 Å². The van der Waals surface area contributed by atoms with Crippen LogP contribution < -0.4 is 10.6 Å². The van der Waals surface area contributed by atoms with Crippen LogP contribution >= 0.6 is 35.9 Å². The van der Waals surface area contributed by atoms with Gasteiger partial charge in [0.15, 0.2) is 0 Å². The molecule has 0 radical (unpaired) electrons. The van der Waals surface area contributed by atoms with Crippen molar-refractivity contribution in [1.29, 1.82) is 0 Å². The molecule has 7 heteroatoms. The van der Waals surface area contributed by atoms with E-state index in [2.05, 4.69) is 22.8 Å². The Morgan fingerprint density at radius 1 is 1.23 bits per heavy atom. The molecule has 2 saturated heterocycles. The molecule has 1 aromatic rings. The van der Waals surface area contributed by atoms with Gasteiger partial charge in [-0.2, -0.15) is 0 Å². The molecule has 0 bridgehead atoms. The van der Waals surface area contributed by atoms with Crippen molar-refractivity contribution in [2.45, 2.75) is 23.8 Å². The summed E-state index contributed by atoms with van der Waals surface area (Å²) < 4.78 is 5.94. The Bertz CT molecular complexity index is 554. The Morgan fingerprint density at radius 3 is 2.50 bits per heavy atom. The fourth-order valence-corrected chi connectivity index (χ4v) is 6.37. The second-order valence-electron chi connectivity index (χ2n) is 6.91. The maximum Gasteiger partial charge on any atom is 0.251 e.